The van der Waals surface area contributed by atoms with Crippen molar-refractivity contribution in [1.82, 2.24) is 4.57 Å². The Labute approximate surface area is 157 Å². The fourth-order valence-electron chi connectivity index (χ4n) is 3.00. The molecule has 0 aliphatic heterocycles. The number of rotatable bonds is 5. The molecule has 27 heavy (non-hydrogen) atoms. The van der Waals surface area contributed by atoms with Gasteiger partial charge in [0, 0.05) is 18.4 Å². The number of hydrogen-bond donors (Lipinski definition) is 0. The third-order valence-electron chi connectivity index (χ3n) is 4.39. The van der Waals surface area contributed by atoms with Gasteiger partial charge in [0.15, 0.2) is 0 Å². The first-order valence-corrected chi connectivity index (χ1v) is 8.82. The number of pyridine rings is 1. The molecule has 1 aromatic heterocycles. The van der Waals surface area contributed by atoms with Crippen molar-refractivity contribution in [3.8, 4) is 0 Å². The summed E-state index contributed by atoms with van der Waals surface area (Å²) in [6.07, 6.45) is 1.63. The van der Waals surface area contributed by atoms with Crippen molar-refractivity contribution in [3.05, 3.63) is 99.7 Å². The first kappa shape index (κ1) is 18.6. The van der Waals surface area contributed by atoms with E-state index in [9.17, 15) is 14.0 Å². The Hall–Kier alpha value is -3.21. The van der Waals surface area contributed by atoms with Crippen molar-refractivity contribution in [2.45, 2.75) is 20.4 Å². The van der Waals surface area contributed by atoms with Gasteiger partial charge < -0.3 is 9.47 Å². The molecule has 0 aliphatic carbocycles. The molecule has 2 aromatic carbocycles. The van der Waals surface area contributed by atoms with Gasteiger partial charge in [0.25, 0.3) is 11.5 Å². The van der Waals surface area contributed by atoms with Crippen molar-refractivity contribution in [3.63, 3.8) is 0 Å². The van der Waals surface area contributed by atoms with Gasteiger partial charge in [0.05, 0.1) is 6.54 Å². The molecule has 0 fully saturated rings. The Morgan fingerprint density at radius 2 is 1.81 bits per heavy atom. The highest BCUT2D eigenvalue weighted by atomic mass is 19.1. The zero-order valence-electron chi connectivity index (χ0n) is 15.4. The van der Waals surface area contributed by atoms with Crippen molar-refractivity contribution in [2.75, 3.05) is 11.4 Å². The minimum atomic E-state index is -0.363. The van der Waals surface area contributed by atoms with E-state index in [1.807, 2.05) is 38.1 Å². The maximum Gasteiger partial charge on any atom is 0.263 e. The van der Waals surface area contributed by atoms with Crippen LogP contribution in [-0.4, -0.2) is 17.0 Å². The second-order valence-corrected chi connectivity index (χ2v) is 6.37. The Balaban J connectivity index is 1.93. The van der Waals surface area contributed by atoms with Crippen LogP contribution in [-0.2, 0) is 6.54 Å². The van der Waals surface area contributed by atoms with Crippen LogP contribution in [0.2, 0.25) is 0 Å². The van der Waals surface area contributed by atoms with E-state index in [2.05, 4.69) is 0 Å². The molecule has 0 spiro atoms. The summed E-state index contributed by atoms with van der Waals surface area (Å²) >= 11 is 0. The van der Waals surface area contributed by atoms with Crippen LogP contribution in [0.5, 0.6) is 0 Å². The summed E-state index contributed by atoms with van der Waals surface area (Å²) in [5.74, 6) is -0.659. The summed E-state index contributed by atoms with van der Waals surface area (Å²) in [6, 6.07) is 16.8. The maximum absolute atomic E-state index is 13.1. The molecule has 0 atom stereocenters. The van der Waals surface area contributed by atoms with Crippen LogP contribution in [0, 0.1) is 12.7 Å². The number of aryl methyl sites for hydroxylation is 1. The summed E-state index contributed by atoms with van der Waals surface area (Å²) in [7, 11) is 0. The van der Waals surface area contributed by atoms with Crippen molar-refractivity contribution in [2.24, 2.45) is 0 Å². The lowest BCUT2D eigenvalue weighted by atomic mass is 10.1. The van der Waals surface area contributed by atoms with Crippen molar-refractivity contribution in [1.29, 1.82) is 0 Å². The van der Waals surface area contributed by atoms with Gasteiger partial charge in [0.1, 0.15) is 11.4 Å². The van der Waals surface area contributed by atoms with Crippen LogP contribution in [0.3, 0.4) is 0 Å². The van der Waals surface area contributed by atoms with Gasteiger partial charge in [-0.05, 0) is 61.4 Å². The summed E-state index contributed by atoms with van der Waals surface area (Å²) in [5.41, 5.74) is 2.34. The van der Waals surface area contributed by atoms with E-state index < -0.39 is 0 Å². The molecular formula is C22H21FN2O2. The van der Waals surface area contributed by atoms with E-state index >= 15 is 0 Å². The van der Waals surface area contributed by atoms with Gasteiger partial charge in [-0.2, -0.15) is 0 Å². The van der Waals surface area contributed by atoms with Crippen LogP contribution in [0.15, 0.2) is 71.7 Å². The molecule has 4 nitrogen and oxygen atoms in total. The zero-order chi connectivity index (χ0) is 19.4. The van der Waals surface area contributed by atoms with E-state index in [1.54, 1.807) is 35.4 Å². The number of amides is 1. The highest BCUT2D eigenvalue weighted by Crippen LogP contribution is 2.17. The second-order valence-electron chi connectivity index (χ2n) is 6.37. The van der Waals surface area contributed by atoms with Crippen LogP contribution >= 0.6 is 0 Å². The number of nitrogens with zero attached hydrogens (tertiary/aromatic N) is 2. The molecule has 0 N–H and O–H groups in total. The topological polar surface area (TPSA) is 42.3 Å². The lowest BCUT2D eigenvalue weighted by Gasteiger charge is -2.21. The van der Waals surface area contributed by atoms with E-state index in [1.165, 1.54) is 16.7 Å². The molecule has 0 bridgehead atoms. The third-order valence-corrected chi connectivity index (χ3v) is 4.39. The summed E-state index contributed by atoms with van der Waals surface area (Å²) in [5, 5.41) is 0. The number of hydrogen-bond acceptors (Lipinski definition) is 2. The van der Waals surface area contributed by atoms with Crippen molar-refractivity contribution >= 4 is 11.6 Å². The highest BCUT2D eigenvalue weighted by Gasteiger charge is 2.20. The Morgan fingerprint density at radius 3 is 2.48 bits per heavy atom. The number of carbonyl (C=O) groups excluding carboxylic acids is 1. The Morgan fingerprint density at radius 1 is 1.07 bits per heavy atom. The standard InChI is InChI=1S/C22H21FN2O2/c1-3-25(19-7-4-6-16(2)14-19)22(27)20-8-5-13-24(21(20)26)15-17-9-11-18(23)12-10-17/h4-14H,3,15H2,1-2H3. The minimum absolute atomic E-state index is 0.114. The lowest BCUT2D eigenvalue weighted by molar-refractivity contribution is 0.0986. The van der Waals surface area contributed by atoms with E-state index in [4.69, 9.17) is 0 Å². The van der Waals surface area contributed by atoms with Crippen LogP contribution < -0.4 is 10.5 Å². The molecule has 3 rings (SSSR count). The van der Waals surface area contributed by atoms with Gasteiger partial charge in [-0.25, -0.2) is 4.39 Å². The number of benzene rings is 2. The first-order valence-electron chi connectivity index (χ1n) is 8.82. The van der Waals surface area contributed by atoms with Gasteiger partial charge >= 0.3 is 0 Å². The first-order chi connectivity index (χ1) is 13.0. The molecule has 0 saturated carbocycles. The summed E-state index contributed by atoms with van der Waals surface area (Å²) < 4.78 is 14.5. The maximum atomic E-state index is 13.1. The Kier molecular flexibility index (Phi) is 5.50. The fourth-order valence-corrected chi connectivity index (χ4v) is 3.00. The average Bonchev–Trinajstić information content (AvgIpc) is 2.66. The molecule has 0 aliphatic rings. The van der Waals surface area contributed by atoms with E-state index in [-0.39, 0.29) is 29.4 Å². The smallest absolute Gasteiger partial charge is 0.263 e. The molecule has 1 amide bonds. The van der Waals surface area contributed by atoms with Gasteiger partial charge in [-0.15, -0.1) is 0 Å². The SMILES string of the molecule is CCN(C(=O)c1cccn(Cc2ccc(F)cc2)c1=O)c1cccc(C)c1. The highest BCUT2D eigenvalue weighted by molar-refractivity contribution is 6.05. The van der Waals surface area contributed by atoms with Crippen LogP contribution in [0.1, 0.15) is 28.4 Å². The third kappa shape index (κ3) is 4.14. The summed E-state index contributed by atoms with van der Waals surface area (Å²) in [4.78, 5) is 27.5. The largest absolute Gasteiger partial charge is 0.310 e. The second kappa shape index (κ2) is 7.99. The minimum Gasteiger partial charge on any atom is -0.310 e. The van der Waals surface area contributed by atoms with E-state index in [0.29, 0.717) is 6.54 Å². The number of halogens is 1. The molecule has 138 valence electrons. The molecular weight excluding hydrogens is 343 g/mol. The molecule has 0 radical (unpaired) electrons. The monoisotopic (exact) mass is 364 g/mol. The van der Waals surface area contributed by atoms with Gasteiger partial charge in [0.2, 0.25) is 0 Å². The quantitative estimate of drug-likeness (QED) is 0.686. The molecule has 3 aromatic rings. The zero-order valence-corrected chi connectivity index (χ0v) is 15.4. The molecule has 5 heteroatoms. The predicted molar refractivity (Wildman–Crippen MR) is 105 cm³/mol. The fraction of sp³-hybridized carbons (Fsp3) is 0.182. The normalized spacial score (nSPS) is 10.6. The Bertz CT molecular complexity index is 1010. The summed E-state index contributed by atoms with van der Waals surface area (Å²) in [6.45, 7) is 4.56. The number of carbonyl (C=O) groups is 1. The molecule has 1 heterocycles. The molecule has 0 saturated heterocycles. The predicted octanol–water partition coefficient (Wildman–Crippen LogP) is 4.01. The van der Waals surface area contributed by atoms with Crippen molar-refractivity contribution < 1.29 is 9.18 Å². The lowest BCUT2D eigenvalue weighted by Crippen LogP contribution is -2.36. The van der Waals surface area contributed by atoms with Crippen LogP contribution in [0.25, 0.3) is 0 Å². The van der Waals surface area contributed by atoms with E-state index in [0.717, 1.165) is 16.8 Å². The molecule has 0 unspecified atom stereocenters. The average molecular weight is 364 g/mol. The number of aromatic nitrogens is 1. The van der Waals surface area contributed by atoms with Gasteiger partial charge in [-0.1, -0.05) is 24.3 Å². The van der Waals surface area contributed by atoms with Gasteiger partial charge in [-0.3, -0.25) is 9.59 Å². The van der Waals surface area contributed by atoms with Crippen LogP contribution in [0.4, 0.5) is 10.1 Å². The number of anilines is 1.